The van der Waals surface area contributed by atoms with Crippen molar-refractivity contribution in [1.82, 2.24) is 5.32 Å². The lowest BCUT2D eigenvalue weighted by Crippen LogP contribution is -2.16. The highest BCUT2D eigenvalue weighted by molar-refractivity contribution is 5.76. The number of nitrogens with one attached hydrogen (secondary N) is 1. The number of rotatable bonds is 31. The first-order valence-electron chi connectivity index (χ1n) is 17.3. The Morgan fingerprint density at radius 2 is 0.730 bits per heavy atom. The van der Waals surface area contributed by atoms with Crippen LogP contribution in [0, 0.1) is 0 Å². The van der Waals surface area contributed by atoms with Gasteiger partial charge >= 0.3 is 0 Å². The molecule has 1 amide bonds. The molecule has 2 heteroatoms. The summed E-state index contributed by atoms with van der Waals surface area (Å²) in [6.07, 6.45) is 44.5. The lowest BCUT2D eigenvalue weighted by Gasteiger charge is -2.03. The van der Waals surface area contributed by atoms with Crippen molar-refractivity contribution in [2.24, 2.45) is 0 Å². The standard InChI is InChI=1S/C35H69NO/c1-3-5-7-9-11-13-15-17-19-20-22-24-26-28-30-32-34-36-35(37)33-31-29-27-25-23-21-18-16-14-12-10-8-6-4-2/h32,34H,3-31,33H2,1-2H3,(H,36,37). The Bertz CT molecular complexity index is 458. The van der Waals surface area contributed by atoms with Crippen molar-refractivity contribution >= 4 is 5.91 Å². The average Bonchev–Trinajstić information content (AvgIpc) is 2.90. The summed E-state index contributed by atoms with van der Waals surface area (Å²) in [5.74, 6) is 0.191. The molecule has 0 unspecified atom stereocenters. The van der Waals surface area contributed by atoms with Crippen molar-refractivity contribution in [2.75, 3.05) is 0 Å². The van der Waals surface area contributed by atoms with E-state index < -0.39 is 0 Å². The smallest absolute Gasteiger partial charge is 0.223 e. The van der Waals surface area contributed by atoms with Crippen LogP contribution in [0.5, 0.6) is 0 Å². The van der Waals surface area contributed by atoms with Gasteiger partial charge in [-0.3, -0.25) is 4.79 Å². The third kappa shape index (κ3) is 33.2. The number of unbranched alkanes of at least 4 members (excludes halogenated alkanes) is 27. The number of carbonyl (C=O) groups excluding carboxylic acids is 1. The molecule has 0 heterocycles. The van der Waals surface area contributed by atoms with Gasteiger partial charge in [0.05, 0.1) is 0 Å². The van der Waals surface area contributed by atoms with Crippen molar-refractivity contribution in [3.05, 3.63) is 12.3 Å². The lowest BCUT2D eigenvalue weighted by molar-refractivity contribution is -0.120. The molecule has 0 radical (unpaired) electrons. The van der Waals surface area contributed by atoms with Gasteiger partial charge in [-0.15, -0.1) is 0 Å². The normalized spacial score (nSPS) is 11.5. The topological polar surface area (TPSA) is 29.1 Å². The molecule has 0 saturated heterocycles. The van der Waals surface area contributed by atoms with Gasteiger partial charge in [-0.25, -0.2) is 0 Å². The summed E-state index contributed by atoms with van der Waals surface area (Å²) in [6, 6.07) is 0. The lowest BCUT2D eigenvalue weighted by atomic mass is 10.0. The van der Waals surface area contributed by atoms with E-state index in [1.165, 1.54) is 173 Å². The van der Waals surface area contributed by atoms with Crippen LogP contribution in [0.25, 0.3) is 0 Å². The Labute approximate surface area is 234 Å². The van der Waals surface area contributed by atoms with E-state index in [2.05, 4.69) is 25.2 Å². The van der Waals surface area contributed by atoms with Crippen LogP contribution < -0.4 is 5.32 Å². The SMILES string of the molecule is CCCCCCCCCCCCCCCCC=CNC(=O)CCCCCCCCCCCCCCCC. The molecule has 0 bridgehead atoms. The number of amides is 1. The van der Waals surface area contributed by atoms with Crippen molar-refractivity contribution in [3.63, 3.8) is 0 Å². The van der Waals surface area contributed by atoms with E-state index in [1.54, 1.807) is 0 Å². The zero-order valence-electron chi connectivity index (χ0n) is 25.8. The van der Waals surface area contributed by atoms with Crippen LogP contribution in [0.2, 0.25) is 0 Å². The fraction of sp³-hybridized carbons (Fsp3) is 0.914. The highest BCUT2D eigenvalue weighted by Crippen LogP contribution is 2.14. The summed E-state index contributed by atoms with van der Waals surface area (Å²) >= 11 is 0. The highest BCUT2D eigenvalue weighted by atomic mass is 16.1. The number of carbonyl (C=O) groups is 1. The summed E-state index contributed by atoms with van der Waals surface area (Å²) in [5, 5.41) is 2.96. The molecule has 0 atom stereocenters. The Balaban J connectivity index is 3.21. The van der Waals surface area contributed by atoms with Gasteiger partial charge in [-0.05, 0) is 25.5 Å². The molecule has 37 heavy (non-hydrogen) atoms. The van der Waals surface area contributed by atoms with Crippen molar-refractivity contribution < 1.29 is 4.79 Å². The Hall–Kier alpha value is -0.790. The summed E-state index contributed by atoms with van der Waals surface area (Å²) < 4.78 is 0. The highest BCUT2D eigenvalue weighted by Gasteiger charge is 1.99. The molecule has 0 saturated carbocycles. The van der Waals surface area contributed by atoms with Crippen molar-refractivity contribution in [2.45, 2.75) is 206 Å². The summed E-state index contributed by atoms with van der Waals surface area (Å²) in [5.41, 5.74) is 0. The van der Waals surface area contributed by atoms with Gasteiger partial charge in [0, 0.05) is 6.42 Å². The van der Waals surface area contributed by atoms with Gasteiger partial charge in [-0.1, -0.05) is 187 Å². The van der Waals surface area contributed by atoms with Gasteiger partial charge in [0.15, 0.2) is 0 Å². The zero-order chi connectivity index (χ0) is 26.9. The Kier molecular flexibility index (Phi) is 32.5. The van der Waals surface area contributed by atoms with E-state index in [9.17, 15) is 4.79 Å². The van der Waals surface area contributed by atoms with E-state index in [1.807, 2.05) is 6.20 Å². The van der Waals surface area contributed by atoms with Gasteiger partial charge in [0.2, 0.25) is 5.91 Å². The third-order valence-corrected chi connectivity index (χ3v) is 7.84. The average molecular weight is 520 g/mol. The minimum atomic E-state index is 0.191. The minimum Gasteiger partial charge on any atom is -0.333 e. The Morgan fingerprint density at radius 1 is 0.432 bits per heavy atom. The molecule has 0 aromatic rings. The van der Waals surface area contributed by atoms with Crippen molar-refractivity contribution in [1.29, 1.82) is 0 Å². The summed E-state index contributed by atoms with van der Waals surface area (Å²) in [4.78, 5) is 12.0. The number of allylic oxidation sites excluding steroid dienone is 1. The monoisotopic (exact) mass is 520 g/mol. The molecule has 1 N–H and O–H groups in total. The molecule has 0 aliphatic rings. The van der Waals surface area contributed by atoms with Gasteiger partial charge in [-0.2, -0.15) is 0 Å². The largest absolute Gasteiger partial charge is 0.333 e. The minimum absolute atomic E-state index is 0.191. The molecule has 220 valence electrons. The van der Waals surface area contributed by atoms with Crippen LogP contribution in [-0.4, -0.2) is 5.91 Å². The van der Waals surface area contributed by atoms with Crippen LogP contribution in [0.3, 0.4) is 0 Å². The number of hydrogen-bond donors (Lipinski definition) is 1. The van der Waals surface area contributed by atoms with E-state index in [4.69, 9.17) is 0 Å². The maximum Gasteiger partial charge on any atom is 0.223 e. The molecule has 0 aliphatic heterocycles. The second kappa shape index (κ2) is 33.2. The molecule has 0 aromatic heterocycles. The summed E-state index contributed by atoms with van der Waals surface area (Å²) in [7, 11) is 0. The second-order valence-electron chi connectivity index (χ2n) is 11.7. The van der Waals surface area contributed by atoms with E-state index >= 15 is 0 Å². The van der Waals surface area contributed by atoms with Gasteiger partial charge in [0.25, 0.3) is 0 Å². The van der Waals surface area contributed by atoms with Gasteiger partial charge < -0.3 is 5.32 Å². The van der Waals surface area contributed by atoms with Crippen LogP contribution in [0.15, 0.2) is 12.3 Å². The predicted octanol–water partition coefficient (Wildman–Crippen LogP) is 12.4. The quantitative estimate of drug-likeness (QED) is 0.0906. The van der Waals surface area contributed by atoms with E-state index in [-0.39, 0.29) is 5.91 Å². The molecule has 2 nitrogen and oxygen atoms in total. The molecular formula is C35H69NO. The second-order valence-corrected chi connectivity index (χ2v) is 11.7. The summed E-state index contributed by atoms with van der Waals surface area (Å²) in [6.45, 7) is 4.58. The zero-order valence-corrected chi connectivity index (χ0v) is 25.8. The van der Waals surface area contributed by atoms with Crippen LogP contribution >= 0.6 is 0 Å². The van der Waals surface area contributed by atoms with E-state index in [0.717, 1.165) is 12.8 Å². The molecule has 0 aliphatic carbocycles. The number of hydrogen-bond acceptors (Lipinski definition) is 1. The molecule has 0 rings (SSSR count). The molecule has 0 fully saturated rings. The maximum absolute atomic E-state index is 12.0. The van der Waals surface area contributed by atoms with E-state index in [0.29, 0.717) is 6.42 Å². The molecule has 0 spiro atoms. The molecular weight excluding hydrogens is 450 g/mol. The van der Waals surface area contributed by atoms with Gasteiger partial charge in [0.1, 0.15) is 0 Å². The Morgan fingerprint density at radius 3 is 1.08 bits per heavy atom. The fourth-order valence-corrected chi connectivity index (χ4v) is 5.24. The maximum atomic E-state index is 12.0. The van der Waals surface area contributed by atoms with Crippen LogP contribution in [0.4, 0.5) is 0 Å². The van der Waals surface area contributed by atoms with Crippen molar-refractivity contribution in [3.8, 4) is 0 Å². The predicted molar refractivity (Wildman–Crippen MR) is 167 cm³/mol. The first-order chi connectivity index (χ1) is 18.3. The fourth-order valence-electron chi connectivity index (χ4n) is 5.24. The first kappa shape index (κ1) is 36.2. The molecule has 0 aromatic carbocycles. The van der Waals surface area contributed by atoms with Crippen LogP contribution in [0.1, 0.15) is 206 Å². The van der Waals surface area contributed by atoms with Crippen LogP contribution in [-0.2, 0) is 4.79 Å². The third-order valence-electron chi connectivity index (χ3n) is 7.84. The first-order valence-corrected chi connectivity index (χ1v) is 17.3.